The Labute approximate surface area is 118 Å². The summed E-state index contributed by atoms with van der Waals surface area (Å²) >= 11 is 0. The maximum atomic E-state index is 12.9. The van der Waals surface area contributed by atoms with E-state index >= 15 is 0 Å². The van der Waals surface area contributed by atoms with E-state index in [1.165, 1.54) is 36.4 Å². The predicted octanol–water partition coefficient (Wildman–Crippen LogP) is 3.08. The third-order valence-corrected chi connectivity index (χ3v) is 2.45. The predicted molar refractivity (Wildman–Crippen MR) is 70.6 cm³/mol. The number of carbonyl (C=O) groups excluding carboxylic acids is 1. The molecule has 0 aliphatic heterocycles. The first-order chi connectivity index (χ1) is 10.0. The number of rotatable bonds is 5. The molecule has 0 saturated carbocycles. The van der Waals surface area contributed by atoms with Gasteiger partial charge in [0.15, 0.2) is 0 Å². The molecule has 0 radical (unpaired) electrons. The number of esters is 1. The Balaban J connectivity index is 1.89. The Morgan fingerprint density at radius 2 is 2.19 bits per heavy atom. The minimum Gasteiger partial charge on any atom is -0.458 e. The maximum Gasteiger partial charge on any atom is 0.433 e. The number of furan rings is 1. The number of hydrogen-bond donors (Lipinski definition) is 0. The molecule has 21 heavy (non-hydrogen) atoms. The number of carbonyl (C=O) groups is 1. The quantitative estimate of drug-likeness (QED) is 0.366. The van der Waals surface area contributed by atoms with Crippen LogP contribution in [0.2, 0.25) is 0 Å². The third-order valence-electron chi connectivity index (χ3n) is 2.45. The van der Waals surface area contributed by atoms with E-state index in [4.69, 9.17) is 9.15 Å². The van der Waals surface area contributed by atoms with Gasteiger partial charge in [0.2, 0.25) is 0 Å². The summed E-state index contributed by atoms with van der Waals surface area (Å²) in [5.41, 5.74) is 0.519. The van der Waals surface area contributed by atoms with Crippen molar-refractivity contribution >= 4 is 17.9 Å². The van der Waals surface area contributed by atoms with Crippen LogP contribution >= 0.6 is 0 Å². The molecule has 0 fully saturated rings. The molecule has 2 aromatic rings. The summed E-state index contributed by atoms with van der Waals surface area (Å²) < 4.78 is 22.6. The molecular weight excluding hydrogens is 281 g/mol. The number of hydrogen-bond acceptors (Lipinski definition) is 5. The van der Waals surface area contributed by atoms with Crippen molar-refractivity contribution in [3.63, 3.8) is 0 Å². The van der Waals surface area contributed by atoms with E-state index in [9.17, 15) is 19.3 Å². The van der Waals surface area contributed by atoms with Crippen LogP contribution in [0.1, 0.15) is 11.3 Å². The Kier molecular flexibility index (Phi) is 4.45. The van der Waals surface area contributed by atoms with Crippen molar-refractivity contribution in [3.05, 3.63) is 69.7 Å². The summed E-state index contributed by atoms with van der Waals surface area (Å²) in [6, 6.07) is 8.21. The zero-order valence-corrected chi connectivity index (χ0v) is 10.7. The molecule has 0 aliphatic rings. The van der Waals surface area contributed by atoms with Gasteiger partial charge in [-0.3, -0.25) is 10.1 Å². The SMILES string of the molecule is O=C(/C=C/c1ccc([N+](=O)[O-])o1)OCc1cccc(F)c1. The fraction of sp³-hybridized carbons (Fsp3) is 0.0714. The van der Waals surface area contributed by atoms with Crippen molar-refractivity contribution in [1.29, 1.82) is 0 Å². The smallest absolute Gasteiger partial charge is 0.433 e. The molecular formula is C14H10FNO5. The third kappa shape index (κ3) is 4.27. The Bertz CT molecular complexity index is 692. The summed E-state index contributed by atoms with van der Waals surface area (Å²) in [6.07, 6.45) is 2.32. The van der Waals surface area contributed by atoms with Gasteiger partial charge in [-0.2, -0.15) is 0 Å². The highest BCUT2D eigenvalue weighted by Gasteiger charge is 2.10. The normalized spacial score (nSPS) is 10.7. The fourth-order valence-corrected chi connectivity index (χ4v) is 1.51. The minimum absolute atomic E-state index is 0.0702. The number of nitro groups is 1. The molecule has 0 aliphatic carbocycles. The first-order valence-corrected chi connectivity index (χ1v) is 5.88. The average molecular weight is 291 g/mol. The second-order valence-electron chi connectivity index (χ2n) is 4.00. The van der Waals surface area contributed by atoms with Crippen molar-refractivity contribution in [1.82, 2.24) is 0 Å². The van der Waals surface area contributed by atoms with Gasteiger partial charge >= 0.3 is 11.9 Å². The van der Waals surface area contributed by atoms with Crippen LogP contribution in [0.25, 0.3) is 6.08 Å². The number of benzene rings is 1. The van der Waals surface area contributed by atoms with E-state index in [-0.39, 0.29) is 12.4 Å². The first-order valence-electron chi connectivity index (χ1n) is 5.88. The topological polar surface area (TPSA) is 82.6 Å². The van der Waals surface area contributed by atoms with E-state index in [0.717, 1.165) is 6.08 Å². The highest BCUT2D eigenvalue weighted by atomic mass is 19.1. The molecule has 1 aromatic heterocycles. The standard InChI is InChI=1S/C14H10FNO5/c15-11-3-1-2-10(8-11)9-20-14(17)7-5-12-4-6-13(21-12)16(18)19/h1-8H,9H2/b7-5+. The van der Waals surface area contributed by atoms with Crippen LogP contribution in [0.15, 0.2) is 46.9 Å². The van der Waals surface area contributed by atoms with Gasteiger partial charge in [0.05, 0.1) is 6.07 Å². The van der Waals surface area contributed by atoms with Gasteiger partial charge in [-0.1, -0.05) is 12.1 Å². The first kappa shape index (κ1) is 14.4. The number of halogens is 1. The lowest BCUT2D eigenvalue weighted by Gasteiger charge is -2.01. The molecule has 0 bridgehead atoms. The Hall–Kier alpha value is -2.96. The van der Waals surface area contributed by atoms with Crippen molar-refractivity contribution < 1.29 is 23.3 Å². The van der Waals surface area contributed by atoms with Crippen LogP contribution in [0.3, 0.4) is 0 Å². The second kappa shape index (κ2) is 6.47. The summed E-state index contributed by atoms with van der Waals surface area (Å²) in [5, 5.41) is 10.4. The maximum absolute atomic E-state index is 12.9. The summed E-state index contributed by atoms with van der Waals surface area (Å²) in [4.78, 5) is 21.2. The van der Waals surface area contributed by atoms with Crippen molar-refractivity contribution in [2.75, 3.05) is 0 Å². The summed E-state index contributed by atoms with van der Waals surface area (Å²) in [6.45, 7) is -0.0702. The molecule has 0 N–H and O–H groups in total. The molecule has 0 saturated heterocycles. The van der Waals surface area contributed by atoms with Gasteiger partial charge in [-0.15, -0.1) is 0 Å². The highest BCUT2D eigenvalue weighted by molar-refractivity contribution is 5.86. The largest absolute Gasteiger partial charge is 0.458 e. The molecule has 108 valence electrons. The van der Waals surface area contributed by atoms with Crippen molar-refractivity contribution in [3.8, 4) is 0 Å². The molecule has 1 heterocycles. The van der Waals surface area contributed by atoms with Gasteiger partial charge in [0.25, 0.3) is 0 Å². The van der Waals surface area contributed by atoms with Crippen molar-refractivity contribution in [2.45, 2.75) is 6.61 Å². The van der Waals surface area contributed by atoms with Crippen LogP contribution < -0.4 is 0 Å². The van der Waals surface area contributed by atoms with E-state index in [1.54, 1.807) is 6.07 Å². The fourth-order valence-electron chi connectivity index (χ4n) is 1.51. The number of ether oxygens (including phenoxy) is 1. The molecule has 0 spiro atoms. The number of nitrogens with zero attached hydrogens (tertiary/aromatic N) is 1. The van der Waals surface area contributed by atoms with E-state index in [1.807, 2.05) is 0 Å². The lowest BCUT2D eigenvalue weighted by molar-refractivity contribution is -0.402. The van der Waals surface area contributed by atoms with Crippen molar-refractivity contribution in [2.24, 2.45) is 0 Å². The van der Waals surface area contributed by atoms with Gasteiger partial charge < -0.3 is 9.15 Å². The lowest BCUT2D eigenvalue weighted by atomic mass is 10.2. The molecule has 0 amide bonds. The molecule has 2 rings (SSSR count). The minimum atomic E-state index is -0.681. The van der Waals surface area contributed by atoms with E-state index in [0.29, 0.717) is 5.56 Å². The summed E-state index contributed by atoms with van der Waals surface area (Å²) in [7, 11) is 0. The average Bonchev–Trinajstić information content (AvgIpc) is 2.92. The molecule has 0 atom stereocenters. The molecule has 7 heteroatoms. The van der Waals surface area contributed by atoms with Gasteiger partial charge in [0.1, 0.15) is 23.1 Å². The van der Waals surface area contributed by atoms with Crippen LogP contribution in [-0.2, 0) is 16.1 Å². The van der Waals surface area contributed by atoms with Crippen LogP contribution in [0, 0.1) is 15.9 Å². The zero-order valence-electron chi connectivity index (χ0n) is 10.7. The highest BCUT2D eigenvalue weighted by Crippen LogP contribution is 2.16. The van der Waals surface area contributed by atoms with E-state index < -0.39 is 22.6 Å². The lowest BCUT2D eigenvalue weighted by Crippen LogP contribution is -2.00. The monoisotopic (exact) mass is 291 g/mol. The summed E-state index contributed by atoms with van der Waals surface area (Å²) in [5.74, 6) is -1.34. The molecule has 0 unspecified atom stereocenters. The molecule has 1 aromatic carbocycles. The van der Waals surface area contributed by atoms with Crippen LogP contribution in [-0.4, -0.2) is 10.9 Å². The van der Waals surface area contributed by atoms with Gasteiger partial charge in [-0.25, -0.2) is 9.18 Å². The van der Waals surface area contributed by atoms with Crippen LogP contribution in [0.4, 0.5) is 10.3 Å². The second-order valence-corrected chi connectivity index (χ2v) is 4.00. The van der Waals surface area contributed by atoms with Crippen LogP contribution in [0.5, 0.6) is 0 Å². The van der Waals surface area contributed by atoms with Gasteiger partial charge in [-0.05, 0) is 29.8 Å². The Morgan fingerprint density at radius 3 is 2.86 bits per heavy atom. The Morgan fingerprint density at radius 1 is 1.38 bits per heavy atom. The van der Waals surface area contributed by atoms with Gasteiger partial charge in [0, 0.05) is 6.08 Å². The van der Waals surface area contributed by atoms with E-state index in [2.05, 4.69) is 0 Å². The zero-order chi connectivity index (χ0) is 15.2. The molecule has 6 nitrogen and oxygen atoms in total.